The van der Waals surface area contributed by atoms with Crippen LogP contribution in [0.4, 0.5) is 5.82 Å². The number of hydrogen-bond acceptors (Lipinski definition) is 9. The Hall–Kier alpha value is -4.70. The lowest BCUT2D eigenvalue weighted by molar-refractivity contribution is -0.136. The molecule has 1 aliphatic heterocycles. The third-order valence-corrected chi connectivity index (χ3v) is 5.13. The highest BCUT2D eigenvalue weighted by molar-refractivity contribution is 6.23. The fourth-order valence-corrected chi connectivity index (χ4v) is 3.34. The maximum absolute atomic E-state index is 12.8. The van der Waals surface area contributed by atoms with Crippen LogP contribution < -0.4 is 10.6 Å². The summed E-state index contributed by atoms with van der Waals surface area (Å²) in [5, 5.41) is 5.00. The summed E-state index contributed by atoms with van der Waals surface area (Å²) in [6.07, 6.45) is 0.904. The maximum atomic E-state index is 12.8. The summed E-state index contributed by atoms with van der Waals surface area (Å²) in [7, 11) is 0. The number of rotatable bonds is 8. The lowest BCUT2D eigenvalue weighted by Crippen LogP contribution is -2.51. The first kappa shape index (κ1) is 24.4. The van der Waals surface area contributed by atoms with E-state index in [0.717, 1.165) is 17.3 Å². The van der Waals surface area contributed by atoms with Crippen LogP contribution in [0.1, 0.15) is 33.2 Å². The quantitative estimate of drug-likeness (QED) is 0.281. The predicted molar refractivity (Wildman–Crippen MR) is 128 cm³/mol. The molecule has 2 amide bonds. The van der Waals surface area contributed by atoms with Gasteiger partial charge in [0.2, 0.25) is 11.8 Å². The molecule has 1 unspecified atom stereocenters. The van der Waals surface area contributed by atoms with E-state index in [1.165, 1.54) is 12.1 Å². The van der Waals surface area contributed by atoms with Crippen molar-refractivity contribution in [3.05, 3.63) is 95.2 Å². The third kappa shape index (κ3) is 6.45. The van der Waals surface area contributed by atoms with E-state index < -0.39 is 29.8 Å². The van der Waals surface area contributed by atoms with Crippen LogP contribution in [-0.4, -0.2) is 41.5 Å². The lowest BCUT2D eigenvalue weighted by atomic mass is 10.1. The van der Waals surface area contributed by atoms with Gasteiger partial charge in [0.1, 0.15) is 31.0 Å². The van der Waals surface area contributed by atoms with E-state index in [-0.39, 0.29) is 36.8 Å². The molecule has 4 rings (SSSR count). The van der Waals surface area contributed by atoms with Crippen molar-refractivity contribution in [2.45, 2.75) is 19.3 Å². The van der Waals surface area contributed by atoms with E-state index >= 15 is 0 Å². The number of ether oxygens (including phenoxy) is 2. The number of amides is 2. The first-order valence-electron chi connectivity index (χ1n) is 11.0. The van der Waals surface area contributed by atoms with Crippen LogP contribution in [0.3, 0.4) is 0 Å². The van der Waals surface area contributed by atoms with Crippen molar-refractivity contribution >= 4 is 35.8 Å². The van der Waals surface area contributed by atoms with Gasteiger partial charge in [-0.1, -0.05) is 60.7 Å². The Balaban J connectivity index is 1.53. The van der Waals surface area contributed by atoms with E-state index in [1.807, 2.05) is 60.7 Å². The van der Waals surface area contributed by atoms with Gasteiger partial charge in [-0.3, -0.25) is 20.2 Å². The van der Waals surface area contributed by atoms with Crippen LogP contribution in [0.15, 0.2) is 77.8 Å². The number of pyridine rings is 1. The molecule has 10 heteroatoms. The van der Waals surface area contributed by atoms with Gasteiger partial charge in [0, 0.05) is 0 Å². The van der Waals surface area contributed by atoms with Crippen molar-refractivity contribution in [1.82, 2.24) is 15.6 Å². The highest BCUT2D eigenvalue weighted by Crippen LogP contribution is 2.23. The van der Waals surface area contributed by atoms with E-state index in [1.54, 1.807) is 0 Å². The first-order valence-corrected chi connectivity index (χ1v) is 11.0. The van der Waals surface area contributed by atoms with Crippen molar-refractivity contribution in [3.8, 4) is 0 Å². The molecule has 0 bridgehead atoms. The molecule has 1 saturated heterocycles. The number of carbonyl (C=O) groups is 4. The van der Waals surface area contributed by atoms with E-state index in [4.69, 9.17) is 9.47 Å². The number of piperazine rings is 1. The Morgan fingerprint density at radius 2 is 1.56 bits per heavy atom. The summed E-state index contributed by atoms with van der Waals surface area (Å²) in [6.45, 7) is -0.00685. The Bertz CT molecular complexity index is 1290. The van der Waals surface area contributed by atoms with Crippen molar-refractivity contribution in [3.63, 3.8) is 0 Å². The van der Waals surface area contributed by atoms with E-state index in [2.05, 4.69) is 20.6 Å². The summed E-state index contributed by atoms with van der Waals surface area (Å²) >= 11 is 0. The molecule has 1 fully saturated rings. The van der Waals surface area contributed by atoms with Gasteiger partial charge in [0.15, 0.2) is 5.82 Å². The van der Waals surface area contributed by atoms with Gasteiger partial charge < -0.3 is 9.47 Å². The zero-order valence-corrected chi connectivity index (χ0v) is 19.0. The van der Waals surface area contributed by atoms with Crippen LogP contribution in [0.2, 0.25) is 0 Å². The van der Waals surface area contributed by atoms with E-state index in [9.17, 15) is 19.2 Å². The number of nitrogens with zero attached hydrogens (tertiary/aromatic N) is 2. The van der Waals surface area contributed by atoms with Gasteiger partial charge in [-0.2, -0.15) is 0 Å². The Kier molecular flexibility index (Phi) is 7.89. The van der Waals surface area contributed by atoms with E-state index in [0.29, 0.717) is 0 Å². The fourth-order valence-electron chi connectivity index (χ4n) is 3.34. The molecule has 0 saturated carbocycles. The molecule has 1 aromatic heterocycles. The molecule has 2 N–H and O–H groups in total. The minimum Gasteiger partial charge on any atom is -0.457 e. The molecule has 36 heavy (non-hydrogen) atoms. The van der Waals surface area contributed by atoms with Gasteiger partial charge >= 0.3 is 11.9 Å². The molecule has 2 aromatic carbocycles. The Morgan fingerprint density at radius 1 is 0.917 bits per heavy atom. The van der Waals surface area contributed by atoms with Crippen LogP contribution in [0.25, 0.3) is 0 Å². The second-order valence-corrected chi connectivity index (χ2v) is 7.75. The highest BCUT2D eigenvalue weighted by atomic mass is 16.5. The summed E-state index contributed by atoms with van der Waals surface area (Å²) in [6, 6.07) is 20.2. The van der Waals surface area contributed by atoms with Gasteiger partial charge in [0.05, 0.1) is 12.2 Å². The minimum atomic E-state index is -0.934. The molecule has 182 valence electrons. The highest BCUT2D eigenvalue weighted by Gasteiger charge is 2.29. The molecular formula is C26H22N4O6. The summed E-state index contributed by atoms with van der Waals surface area (Å²) in [4.78, 5) is 57.1. The topological polar surface area (TPSA) is 136 Å². The lowest BCUT2D eigenvalue weighted by Gasteiger charge is -2.22. The average Bonchev–Trinajstić information content (AvgIpc) is 2.90. The largest absolute Gasteiger partial charge is 0.457 e. The smallest absolute Gasteiger partial charge is 0.349 e. The number of nitrogens with one attached hydrogen (secondary N) is 2. The van der Waals surface area contributed by atoms with Crippen LogP contribution in [0, 0.1) is 0 Å². The van der Waals surface area contributed by atoms with Crippen molar-refractivity contribution in [2.75, 3.05) is 6.54 Å². The first-order chi connectivity index (χ1) is 17.5. The number of aromatic nitrogens is 1. The number of benzene rings is 2. The summed E-state index contributed by atoms with van der Waals surface area (Å²) < 4.78 is 10.6. The number of carbonyl (C=O) groups excluding carboxylic acids is 4. The van der Waals surface area contributed by atoms with Crippen molar-refractivity contribution < 1.29 is 28.7 Å². The SMILES string of the molecule is O=C1CNC(c2ccc(C(=O)OCc3ccccc3)c(N=CC(=O)OCc3ccccc3)n2)C(=O)N1. The molecule has 2 heterocycles. The van der Waals surface area contributed by atoms with Crippen LogP contribution in [0.5, 0.6) is 0 Å². The van der Waals surface area contributed by atoms with Crippen LogP contribution in [-0.2, 0) is 37.1 Å². The normalized spacial score (nSPS) is 15.4. The molecule has 0 spiro atoms. The fraction of sp³-hybridized carbons (Fsp3) is 0.154. The molecule has 1 aliphatic rings. The summed E-state index contributed by atoms with van der Waals surface area (Å²) in [5.41, 5.74) is 1.80. The Morgan fingerprint density at radius 3 is 2.19 bits per heavy atom. The minimum absolute atomic E-state index is 0.00548. The van der Waals surface area contributed by atoms with Gasteiger partial charge in [-0.05, 0) is 23.3 Å². The zero-order valence-electron chi connectivity index (χ0n) is 19.0. The zero-order chi connectivity index (χ0) is 25.3. The number of aliphatic imine (C=N–C) groups is 1. The molecule has 1 atom stereocenters. The molecule has 3 aromatic rings. The van der Waals surface area contributed by atoms with Crippen LogP contribution >= 0.6 is 0 Å². The average molecular weight is 486 g/mol. The molecule has 0 radical (unpaired) electrons. The van der Waals surface area contributed by atoms with Gasteiger partial charge in [-0.25, -0.2) is 19.6 Å². The Labute approximate surface area is 206 Å². The van der Waals surface area contributed by atoms with Crippen molar-refractivity contribution in [1.29, 1.82) is 0 Å². The molecule has 0 aliphatic carbocycles. The monoisotopic (exact) mass is 486 g/mol. The standard InChI is InChI=1S/C26H22N4O6/c31-21-13-27-23(25(33)30-21)20-12-11-19(26(34)36-16-18-9-5-2-6-10-18)24(29-20)28-14-22(32)35-15-17-7-3-1-4-8-17/h1-12,14,23,27H,13,15-16H2,(H,30,31,33). The number of imide groups is 1. The van der Waals surface area contributed by atoms with Gasteiger partial charge in [0.25, 0.3) is 0 Å². The maximum Gasteiger partial charge on any atom is 0.349 e. The van der Waals surface area contributed by atoms with Crippen molar-refractivity contribution in [2.24, 2.45) is 4.99 Å². The second kappa shape index (κ2) is 11.6. The third-order valence-electron chi connectivity index (χ3n) is 5.13. The number of esters is 2. The van der Waals surface area contributed by atoms with Gasteiger partial charge in [-0.15, -0.1) is 0 Å². The summed E-state index contributed by atoms with van der Waals surface area (Å²) in [5.74, 6) is -2.63. The molecule has 10 nitrogen and oxygen atoms in total. The predicted octanol–water partition coefficient (Wildman–Crippen LogP) is 2.17. The molecular weight excluding hydrogens is 464 g/mol. The second-order valence-electron chi connectivity index (χ2n) is 7.75. The number of hydrogen-bond donors (Lipinski definition) is 2.